The molecule has 0 amide bonds. The predicted octanol–water partition coefficient (Wildman–Crippen LogP) is 2.98. The van der Waals surface area contributed by atoms with Crippen LogP contribution in [0.15, 0.2) is 23.2 Å². The standard InChI is InChI=1S/C16H16ClF3N2O5S/c1-3-22-15(24)10(6-21-22)14(23)9-4-5-12(28(2,25)26)11(13(9)17)7-27-8-16(18,19)20/h4-6,24H,3,7-8H2,1-2H3. The van der Waals surface area contributed by atoms with Crippen LogP contribution in [-0.4, -0.2) is 48.1 Å². The molecule has 1 aromatic carbocycles. The molecule has 1 heterocycles. The van der Waals surface area contributed by atoms with Crippen molar-refractivity contribution < 1.29 is 36.2 Å². The van der Waals surface area contributed by atoms with Gasteiger partial charge in [0.2, 0.25) is 11.7 Å². The minimum absolute atomic E-state index is 0.182. The van der Waals surface area contributed by atoms with Gasteiger partial charge < -0.3 is 9.84 Å². The molecular weight excluding hydrogens is 425 g/mol. The average Bonchev–Trinajstić information content (AvgIpc) is 2.94. The van der Waals surface area contributed by atoms with Crippen LogP contribution in [0, 0.1) is 0 Å². The fraction of sp³-hybridized carbons (Fsp3) is 0.375. The molecule has 1 N–H and O–H groups in total. The van der Waals surface area contributed by atoms with Gasteiger partial charge in [-0.25, -0.2) is 13.1 Å². The highest BCUT2D eigenvalue weighted by molar-refractivity contribution is 7.90. The number of hydrogen-bond acceptors (Lipinski definition) is 6. The van der Waals surface area contributed by atoms with E-state index < -0.39 is 40.9 Å². The largest absolute Gasteiger partial charge is 0.493 e. The van der Waals surface area contributed by atoms with Crippen molar-refractivity contribution in [2.24, 2.45) is 0 Å². The van der Waals surface area contributed by atoms with Crippen LogP contribution in [0.25, 0.3) is 0 Å². The second kappa shape index (κ2) is 8.10. The number of aromatic hydroxyl groups is 1. The van der Waals surface area contributed by atoms with Gasteiger partial charge in [0.05, 0.1) is 22.7 Å². The third kappa shape index (κ3) is 4.83. The van der Waals surface area contributed by atoms with E-state index in [4.69, 9.17) is 11.6 Å². The molecule has 2 rings (SSSR count). The van der Waals surface area contributed by atoms with Crippen molar-refractivity contribution >= 4 is 27.2 Å². The van der Waals surface area contributed by atoms with Crippen LogP contribution in [-0.2, 0) is 27.7 Å². The fourth-order valence-corrected chi connectivity index (χ4v) is 3.73. The molecule has 1 aromatic heterocycles. The Morgan fingerprint density at radius 1 is 1.32 bits per heavy atom. The summed E-state index contributed by atoms with van der Waals surface area (Å²) in [6.45, 7) is -0.418. The minimum atomic E-state index is -4.62. The van der Waals surface area contributed by atoms with Gasteiger partial charge in [0.1, 0.15) is 12.2 Å². The molecule has 0 bridgehead atoms. The van der Waals surface area contributed by atoms with Crippen molar-refractivity contribution in [1.82, 2.24) is 9.78 Å². The van der Waals surface area contributed by atoms with E-state index in [2.05, 4.69) is 9.84 Å². The zero-order valence-electron chi connectivity index (χ0n) is 14.7. The second-order valence-electron chi connectivity index (χ2n) is 5.81. The molecule has 0 unspecified atom stereocenters. The molecule has 7 nitrogen and oxygen atoms in total. The lowest BCUT2D eigenvalue weighted by molar-refractivity contribution is -0.176. The number of aromatic nitrogens is 2. The van der Waals surface area contributed by atoms with Crippen LogP contribution < -0.4 is 0 Å². The highest BCUT2D eigenvalue weighted by Gasteiger charge is 2.29. The summed E-state index contributed by atoms with van der Waals surface area (Å²) in [7, 11) is -3.86. The van der Waals surface area contributed by atoms with Gasteiger partial charge in [-0.3, -0.25) is 4.79 Å². The summed E-state index contributed by atoms with van der Waals surface area (Å²) in [4.78, 5) is 12.3. The Hall–Kier alpha value is -2.11. The summed E-state index contributed by atoms with van der Waals surface area (Å²) in [5.41, 5.74) is -0.662. The van der Waals surface area contributed by atoms with Crippen molar-refractivity contribution in [2.45, 2.75) is 31.1 Å². The third-order valence-corrected chi connectivity index (χ3v) is 5.33. The van der Waals surface area contributed by atoms with Crippen LogP contribution in [0.2, 0.25) is 5.02 Å². The molecule has 154 valence electrons. The summed E-state index contributed by atoms with van der Waals surface area (Å²) >= 11 is 6.15. The molecule has 0 fully saturated rings. The number of halogens is 4. The monoisotopic (exact) mass is 440 g/mol. The first-order valence-electron chi connectivity index (χ1n) is 7.82. The zero-order chi connectivity index (χ0) is 21.3. The van der Waals surface area contributed by atoms with E-state index >= 15 is 0 Å². The maximum Gasteiger partial charge on any atom is 0.411 e. The number of carbonyl (C=O) groups is 1. The number of benzene rings is 1. The Balaban J connectivity index is 2.50. The lowest BCUT2D eigenvalue weighted by atomic mass is 10.0. The summed E-state index contributed by atoms with van der Waals surface area (Å²) in [6.07, 6.45) is -2.65. The first-order chi connectivity index (χ1) is 12.9. The van der Waals surface area contributed by atoms with Crippen molar-refractivity contribution in [1.29, 1.82) is 0 Å². The number of sulfone groups is 1. The normalized spacial score (nSPS) is 12.4. The van der Waals surface area contributed by atoms with Crippen molar-refractivity contribution in [3.05, 3.63) is 40.0 Å². The lowest BCUT2D eigenvalue weighted by Gasteiger charge is -2.14. The maximum absolute atomic E-state index is 12.7. The Morgan fingerprint density at radius 2 is 1.96 bits per heavy atom. The van der Waals surface area contributed by atoms with Crippen LogP contribution in [0.4, 0.5) is 13.2 Å². The van der Waals surface area contributed by atoms with Gasteiger partial charge in [-0.2, -0.15) is 18.3 Å². The van der Waals surface area contributed by atoms with Gasteiger partial charge in [0, 0.05) is 23.9 Å². The third-order valence-electron chi connectivity index (χ3n) is 3.71. The first kappa shape index (κ1) is 22.2. The molecule has 2 aromatic rings. The number of ether oxygens (including phenoxy) is 1. The molecule has 0 atom stereocenters. The van der Waals surface area contributed by atoms with Crippen LogP contribution in [0.1, 0.15) is 28.4 Å². The topological polar surface area (TPSA) is 98.5 Å². The lowest BCUT2D eigenvalue weighted by Crippen LogP contribution is -2.18. The molecule has 12 heteroatoms. The maximum atomic E-state index is 12.7. The number of aryl methyl sites for hydroxylation is 1. The van der Waals surface area contributed by atoms with E-state index in [-0.39, 0.29) is 33.2 Å². The molecule has 0 radical (unpaired) electrons. The number of rotatable bonds is 7. The van der Waals surface area contributed by atoms with E-state index in [1.165, 1.54) is 0 Å². The smallest absolute Gasteiger partial charge is 0.411 e. The van der Waals surface area contributed by atoms with Crippen LogP contribution >= 0.6 is 11.6 Å². The van der Waals surface area contributed by atoms with E-state index in [0.29, 0.717) is 0 Å². The highest BCUT2D eigenvalue weighted by Crippen LogP contribution is 2.32. The van der Waals surface area contributed by atoms with Crippen LogP contribution in [0.5, 0.6) is 5.88 Å². The zero-order valence-corrected chi connectivity index (χ0v) is 16.3. The Kier molecular flexibility index (Phi) is 6.41. The van der Waals surface area contributed by atoms with Gasteiger partial charge in [-0.05, 0) is 19.1 Å². The average molecular weight is 441 g/mol. The van der Waals surface area contributed by atoms with Crippen molar-refractivity contribution in [3.63, 3.8) is 0 Å². The van der Waals surface area contributed by atoms with E-state index in [1.807, 2.05) is 0 Å². The van der Waals surface area contributed by atoms with E-state index in [1.54, 1.807) is 6.92 Å². The minimum Gasteiger partial charge on any atom is -0.493 e. The summed E-state index contributed by atoms with van der Waals surface area (Å²) < 4.78 is 66.6. The Labute approximate surface area is 163 Å². The van der Waals surface area contributed by atoms with Crippen LogP contribution in [0.3, 0.4) is 0 Å². The van der Waals surface area contributed by atoms with Gasteiger partial charge in [0.15, 0.2) is 9.84 Å². The predicted molar refractivity (Wildman–Crippen MR) is 93.3 cm³/mol. The second-order valence-corrected chi connectivity index (χ2v) is 8.17. The SMILES string of the molecule is CCn1ncc(C(=O)c2ccc(S(C)(=O)=O)c(COCC(F)(F)F)c2Cl)c1O. The van der Waals surface area contributed by atoms with Gasteiger partial charge in [-0.1, -0.05) is 11.6 Å². The Morgan fingerprint density at radius 3 is 2.46 bits per heavy atom. The molecule has 0 aliphatic heterocycles. The van der Waals surface area contributed by atoms with E-state index in [9.17, 15) is 31.5 Å². The molecule has 0 aliphatic carbocycles. The fourth-order valence-electron chi connectivity index (χ4n) is 2.45. The number of ketones is 1. The summed E-state index contributed by atoms with van der Waals surface area (Å²) in [5, 5.41) is 13.5. The first-order valence-corrected chi connectivity index (χ1v) is 10.1. The number of alkyl halides is 3. The molecule has 28 heavy (non-hydrogen) atoms. The molecule has 0 saturated carbocycles. The van der Waals surface area contributed by atoms with Crippen molar-refractivity contribution in [2.75, 3.05) is 12.9 Å². The summed E-state index contributed by atoms with van der Waals surface area (Å²) in [6, 6.07) is 2.18. The number of nitrogens with zero attached hydrogens (tertiary/aromatic N) is 2. The molecule has 0 aliphatic rings. The molecule has 0 spiro atoms. The van der Waals surface area contributed by atoms with E-state index in [0.717, 1.165) is 29.3 Å². The van der Waals surface area contributed by atoms with Gasteiger partial charge in [-0.15, -0.1) is 0 Å². The van der Waals surface area contributed by atoms with Gasteiger partial charge in [0.25, 0.3) is 0 Å². The molecular formula is C16H16ClF3N2O5S. The highest BCUT2D eigenvalue weighted by atomic mass is 35.5. The number of hydrogen-bond donors (Lipinski definition) is 1. The Bertz CT molecular complexity index is 1000. The summed E-state index contributed by atoms with van der Waals surface area (Å²) in [5.74, 6) is -1.18. The van der Waals surface area contributed by atoms with Crippen molar-refractivity contribution in [3.8, 4) is 5.88 Å². The van der Waals surface area contributed by atoms with Gasteiger partial charge >= 0.3 is 6.18 Å². The quantitative estimate of drug-likeness (QED) is 0.665. The molecule has 0 saturated heterocycles. The number of carbonyl (C=O) groups excluding carboxylic acids is 1.